The standard InChI is InChI=1S/C22H22Cl3F2N3O4.C3H8/c1-4-28-19-11-15(33-8-7-32-3)10-17(27)20(19)13(2)29-18-6-5-14(9-16(18)26)30-21(31)34-12-22(23,24)25;1-3-2/h4-6,9-11,29H,2,7-8,12H2,1,3H3,(H,30,31);3H2,1-2H3. The van der Waals surface area contributed by atoms with Crippen LogP contribution in [-0.4, -0.2) is 43.0 Å². The van der Waals surface area contributed by atoms with E-state index in [-0.39, 0.29) is 40.7 Å². The second-order valence-electron chi connectivity index (χ2n) is 7.35. The predicted octanol–water partition coefficient (Wildman–Crippen LogP) is 8.13. The molecular weight excluding hydrogens is 551 g/mol. The highest BCUT2D eigenvalue weighted by molar-refractivity contribution is 6.67. The van der Waals surface area contributed by atoms with Gasteiger partial charge in [-0.25, -0.2) is 13.6 Å². The molecule has 0 unspecified atom stereocenters. The van der Waals surface area contributed by atoms with Crippen molar-refractivity contribution in [3.05, 3.63) is 54.1 Å². The number of hydrogen-bond donors (Lipinski definition) is 2. The molecule has 0 aliphatic rings. The summed E-state index contributed by atoms with van der Waals surface area (Å²) < 4.78 is 42.8. The monoisotopic (exact) mass is 579 g/mol. The highest BCUT2D eigenvalue weighted by Gasteiger charge is 2.22. The first kappa shape index (κ1) is 32.4. The summed E-state index contributed by atoms with van der Waals surface area (Å²) in [6.07, 6.45) is 1.79. The lowest BCUT2D eigenvalue weighted by atomic mass is 10.1. The average molecular weight is 581 g/mol. The predicted molar refractivity (Wildman–Crippen MR) is 148 cm³/mol. The molecule has 0 saturated heterocycles. The van der Waals surface area contributed by atoms with Crippen LogP contribution in [0.15, 0.2) is 41.9 Å². The van der Waals surface area contributed by atoms with Gasteiger partial charge >= 0.3 is 6.09 Å². The SMILES string of the molecule is C=C(Nc1ccc(NC(=O)OCC(Cl)(Cl)Cl)cc1F)c1c(F)cc(OCCOC)cc1N=CC.CCC. The maximum Gasteiger partial charge on any atom is 0.411 e. The summed E-state index contributed by atoms with van der Waals surface area (Å²) in [6.45, 7) is 9.80. The zero-order valence-corrected chi connectivity index (χ0v) is 23.2. The Morgan fingerprint density at radius 2 is 1.78 bits per heavy atom. The Kier molecular flexibility index (Phi) is 14.3. The summed E-state index contributed by atoms with van der Waals surface area (Å²) in [4.78, 5) is 15.9. The molecule has 0 bridgehead atoms. The van der Waals surface area contributed by atoms with Gasteiger partial charge in [-0.05, 0) is 25.1 Å². The van der Waals surface area contributed by atoms with E-state index in [0.29, 0.717) is 6.61 Å². The molecule has 0 spiro atoms. The fourth-order valence-electron chi connectivity index (χ4n) is 2.65. The Labute approximate surface area is 230 Å². The van der Waals surface area contributed by atoms with Crippen molar-refractivity contribution in [2.45, 2.75) is 31.0 Å². The first-order valence-corrected chi connectivity index (χ1v) is 12.3. The fourth-order valence-corrected chi connectivity index (χ4v) is 2.82. The number of carbonyl (C=O) groups excluding carboxylic acids is 1. The minimum Gasteiger partial charge on any atom is -0.491 e. The van der Waals surface area contributed by atoms with Crippen LogP contribution in [0.25, 0.3) is 5.70 Å². The van der Waals surface area contributed by atoms with Crippen LogP contribution >= 0.6 is 34.8 Å². The highest BCUT2D eigenvalue weighted by Crippen LogP contribution is 2.34. The van der Waals surface area contributed by atoms with Crippen LogP contribution in [0, 0.1) is 11.6 Å². The van der Waals surface area contributed by atoms with Gasteiger partial charge in [0.15, 0.2) is 0 Å². The number of anilines is 2. The van der Waals surface area contributed by atoms with Crippen molar-refractivity contribution < 1.29 is 27.8 Å². The number of carbonyl (C=O) groups is 1. The maximum atomic E-state index is 14.9. The van der Waals surface area contributed by atoms with E-state index in [2.05, 4.69) is 36.1 Å². The van der Waals surface area contributed by atoms with E-state index in [0.717, 1.165) is 6.07 Å². The van der Waals surface area contributed by atoms with Crippen LogP contribution in [0.2, 0.25) is 0 Å². The van der Waals surface area contributed by atoms with Gasteiger partial charge in [0.2, 0.25) is 3.79 Å². The van der Waals surface area contributed by atoms with Crippen LogP contribution in [-0.2, 0) is 9.47 Å². The van der Waals surface area contributed by atoms with Crippen LogP contribution in [0.1, 0.15) is 32.8 Å². The lowest BCUT2D eigenvalue weighted by Crippen LogP contribution is -2.21. The van der Waals surface area contributed by atoms with Crippen molar-refractivity contribution in [3.8, 4) is 5.75 Å². The number of ether oxygens (including phenoxy) is 3. The largest absolute Gasteiger partial charge is 0.491 e. The van der Waals surface area contributed by atoms with Gasteiger partial charge in [0.25, 0.3) is 0 Å². The van der Waals surface area contributed by atoms with Crippen LogP contribution in [0.3, 0.4) is 0 Å². The van der Waals surface area contributed by atoms with Gasteiger partial charge in [-0.1, -0.05) is 61.7 Å². The molecule has 37 heavy (non-hydrogen) atoms. The summed E-state index contributed by atoms with van der Waals surface area (Å²) in [5.41, 5.74) is 0.402. The van der Waals surface area contributed by atoms with Crippen molar-refractivity contribution in [1.82, 2.24) is 0 Å². The Balaban J connectivity index is 0.00000217. The van der Waals surface area contributed by atoms with Gasteiger partial charge in [-0.3, -0.25) is 10.3 Å². The molecule has 0 aromatic heterocycles. The molecule has 0 saturated carbocycles. The second-order valence-corrected chi connectivity index (χ2v) is 9.87. The molecule has 2 aromatic carbocycles. The van der Waals surface area contributed by atoms with E-state index in [1.807, 2.05) is 0 Å². The van der Waals surface area contributed by atoms with Crippen molar-refractivity contribution in [3.63, 3.8) is 0 Å². The van der Waals surface area contributed by atoms with E-state index >= 15 is 0 Å². The number of benzene rings is 2. The summed E-state index contributed by atoms with van der Waals surface area (Å²) in [6, 6.07) is 6.46. The maximum absolute atomic E-state index is 14.9. The van der Waals surface area contributed by atoms with Gasteiger partial charge < -0.3 is 19.5 Å². The normalized spacial score (nSPS) is 10.9. The van der Waals surface area contributed by atoms with Crippen LogP contribution in [0.5, 0.6) is 5.75 Å². The summed E-state index contributed by atoms with van der Waals surface area (Å²) in [5, 5.41) is 5.02. The molecule has 0 radical (unpaired) electrons. The third-order valence-corrected chi connectivity index (χ3v) is 4.36. The number of rotatable bonds is 10. The number of hydrogen-bond acceptors (Lipinski definition) is 6. The molecule has 2 N–H and O–H groups in total. The van der Waals surface area contributed by atoms with E-state index in [1.54, 1.807) is 6.92 Å². The Bertz CT molecular complexity index is 1080. The zero-order chi connectivity index (χ0) is 28.0. The quantitative estimate of drug-likeness (QED) is 0.168. The zero-order valence-electron chi connectivity index (χ0n) is 21.0. The van der Waals surface area contributed by atoms with Crippen molar-refractivity contribution in [1.29, 1.82) is 0 Å². The molecule has 12 heteroatoms. The first-order valence-electron chi connectivity index (χ1n) is 11.2. The minimum atomic E-state index is -1.78. The van der Waals surface area contributed by atoms with E-state index in [9.17, 15) is 13.6 Å². The molecule has 0 aliphatic heterocycles. The van der Waals surface area contributed by atoms with Crippen LogP contribution in [0.4, 0.5) is 30.6 Å². The second kappa shape index (κ2) is 16.3. The molecule has 0 atom stereocenters. The number of aliphatic imine (C=N–C) groups is 1. The number of amides is 1. The number of nitrogens with one attached hydrogen (secondary N) is 2. The lowest BCUT2D eigenvalue weighted by Gasteiger charge is -2.16. The molecular formula is C25H30Cl3F2N3O4. The van der Waals surface area contributed by atoms with Crippen molar-refractivity contribution >= 4 is 69.9 Å². The Hall–Kier alpha value is -2.59. The number of methoxy groups -OCH3 is 1. The lowest BCUT2D eigenvalue weighted by molar-refractivity contribution is 0.146. The first-order chi connectivity index (χ1) is 17.4. The van der Waals surface area contributed by atoms with Crippen LogP contribution < -0.4 is 15.4 Å². The molecule has 0 heterocycles. The van der Waals surface area contributed by atoms with E-state index in [1.165, 1.54) is 44.0 Å². The topological polar surface area (TPSA) is 81.2 Å². The molecule has 0 fully saturated rings. The van der Waals surface area contributed by atoms with Gasteiger partial charge in [0.1, 0.15) is 30.6 Å². The minimum absolute atomic E-state index is 0.0172. The van der Waals surface area contributed by atoms with Gasteiger partial charge in [-0.15, -0.1) is 0 Å². The smallest absolute Gasteiger partial charge is 0.411 e. The summed E-state index contributed by atoms with van der Waals surface area (Å²) in [5.74, 6) is -1.15. The highest BCUT2D eigenvalue weighted by atomic mass is 35.6. The molecule has 2 rings (SSSR count). The molecule has 2 aromatic rings. The summed E-state index contributed by atoms with van der Waals surface area (Å²) >= 11 is 16.5. The van der Waals surface area contributed by atoms with Gasteiger partial charge in [0.05, 0.1) is 23.5 Å². The Morgan fingerprint density at radius 1 is 1.11 bits per heavy atom. The molecule has 7 nitrogen and oxygen atoms in total. The third-order valence-electron chi connectivity index (χ3n) is 4.04. The van der Waals surface area contributed by atoms with Crippen molar-refractivity contribution in [2.75, 3.05) is 37.6 Å². The summed E-state index contributed by atoms with van der Waals surface area (Å²) in [7, 11) is 1.52. The number of nitrogens with zero attached hydrogens (tertiary/aromatic N) is 1. The van der Waals surface area contributed by atoms with Gasteiger partial charge in [0, 0.05) is 36.8 Å². The molecule has 1 amide bonds. The molecule has 204 valence electrons. The van der Waals surface area contributed by atoms with E-state index in [4.69, 9.17) is 49.0 Å². The Morgan fingerprint density at radius 3 is 2.35 bits per heavy atom. The fraction of sp³-hybridized carbons (Fsp3) is 0.360. The van der Waals surface area contributed by atoms with E-state index < -0.39 is 28.1 Å². The van der Waals surface area contributed by atoms with Crippen molar-refractivity contribution in [2.24, 2.45) is 4.99 Å². The number of halogens is 5. The van der Waals surface area contributed by atoms with Gasteiger partial charge in [-0.2, -0.15) is 0 Å². The molecule has 0 aliphatic carbocycles. The third kappa shape index (κ3) is 12.0. The average Bonchev–Trinajstić information content (AvgIpc) is 2.80. The number of alkyl halides is 3.